The molecule has 2 aromatic heterocycles. The molecule has 7 nitrogen and oxygen atoms in total. The second-order valence-electron chi connectivity index (χ2n) is 10.1. The lowest BCUT2D eigenvalue weighted by Crippen LogP contribution is -2.46. The summed E-state index contributed by atoms with van der Waals surface area (Å²) in [5, 5.41) is 19.0. The molecule has 0 spiro atoms. The van der Waals surface area contributed by atoms with Crippen molar-refractivity contribution in [2.45, 2.75) is 30.3 Å². The zero-order valence-electron chi connectivity index (χ0n) is 20.3. The summed E-state index contributed by atoms with van der Waals surface area (Å²) in [6, 6.07) is 9.40. The molecule has 3 heterocycles. The molecule has 2 N–H and O–H groups in total. The van der Waals surface area contributed by atoms with E-state index in [1.807, 2.05) is 29.2 Å². The van der Waals surface area contributed by atoms with Crippen molar-refractivity contribution >= 4 is 34.8 Å². The van der Waals surface area contributed by atoms with Gasteiger partial charge in [-0.1, -0.05) is 23.9 Å². The first-order chi connectivity index (χ1) is 17.8. The van der Waals surface area contributed by atoms with Crippen LogP contribution in [-0.2, 0) is 9.53 Å². The molecular weight excluding hydrogens is 513 g/mol. The minimum absolute atomic E-state index is 0.0686. The van der Waals surface area contributed by atoms with Gasteiger partial charge in [0, 0.05) is 35.7 Å². The first kappa shape index (κ1) is 24.8. The average Bonchev–Trinajstić information content (AvgIpc) is 3.52. The molecule has 3 aromatic rings. The number of rotatable bonds is 5. The zero-order chi connectivity index (χ0) is 25.7. The van der Waals surface area contributed by atoms with Gasteiger partial charge in [-0.05, 0) is 54.9 Å². The molecule has 10 heteroatoms. The van der Waals surface area contributed by atoms with Crippen molar-refractivity contribution in [3.8, 4) is 21.0 Å². The Kier molecular flexibility index (Phi) is 6.46. The minimum Gasteiger partial charge on any atom is -0.469 e. The van der Waals surface area contributed by atoms with Gasteiger partial charge in [-0.25, -0.2) is 9.37 Å². The van der Waals surface area contributed by atoms with Gasteiger partial charge in [0.1, 0.15) is 10.8 Å². The van der Waals surface area contributed by atoms with Gasteiger partial charge in [-0.15, -0.1) is 11.3 Å². The fourth-order valence-electron chi connectivity index (χ4n) is 5.76. The Hall–Kier alpha value is -2.53. The van der Waals surface area contributed by atoms with E-state index in [0.29, 0.717) is 28.2 Å². The van der Waals surface area contributed by atoms with E-state index >= 15 is 0 Å². The summed E-state index contributed by atoms with van der Waals surface area (Å²) in [6.07, 6.45) is 5.63. The quantitative estimate of drug-likeness (QED) is 0.360. The van der Waals surface area contributed by atoms with Gasteiger partial charge in [-0.2, -0.15) is 0 Å². The van der Waals surface area contributed by atoms with Crippen LogP contribution in [0, 0.1) is 23.6 Å². The number of carbonyl (C=O) groups is 1. The maximum atomic E-state index is 14.0. The van der Waals surface area contributed by atoms with E-state index in [-0.39, 0.29) is 24.3 Å². The molecule has 0 bridgehead atoms. The number of thioether (sulfide) groups is 1. The minimum atomic E-state index is -1.76. The van der Waals surface area contributed by atoms with E-state index in [1.54, 1.807) is 6.20 Å². The number of anilines is 1. The monoisotopic (exact) mass is 541 g/mol. The van der Waals surface area contributed by atoms with Crippen LogP contribution < -0.4 is 4.90 Å². The predicted molar refractivity (Wildman–Crippen MR) is 142 cm³/mol. The highest BCUT2D eigenvalue weighted by Gasteiger charge is 2.50. The van der Waals surface area contributed by atoms with Gasteiger partial charge < -0.3 is 19.8 Å². The second-order valence-corrected chi connectivity index (χ2v) is 12.5. The molecule has 194 valence electrons. The number of fused-ring (bicyclic) bond motifs is 1. The Morgan fingerprint density at radius 3 is 2.65 bits per heavy atom. The van der Waals surface area contributed by atoms with Gasteiger partial charge in [0.25, 0.3) is 0 Å². The van der Waals surface area contributed by atoms with Crippen LogP contribution in [0.25, 0.3) is 21.0 Å². The number of hydrogen-bond acceptors (Lipinski definition) is 9. The summed E-state index contributed by atoms with van der Waals surface area (Å²) >= 11 is 2.62. The summed E-state index contributed by atoms with van der Waals surface area (Å²) in [7, 11) is 1.44. The first-order valence-electron chi connectivity index (χ1n) is 12.4. The highest BCUT2D eigenvalue weighted by atomic mass is 32.2. The van der Waals surface area contributed by atoms with Crippen LogP contribution in [0.1, 0.15) is 30.9 Å². The fraction of sp³-hybridized carbons (Fsp3) is 0.444. The highest BCUT2D eigenvalue weighted by Crippen LogP contribution is 2.58. The number of pyridine rings is 1. The topological polar surface area (TPSA) is 95.8 Å². The summed E-state index contributed by atoms with van der Waals surface area (Å²) in [4.78, 5) is 24.7. The lowest BCUT2D eigenvalue weighted by molar-refractivity contribution is -0.147. The molecule has 1 aliphatic heterocycles. The molecule has 0 amide bonds. The van der Waals surface area contributed by atoms with Crippen LogP contribution >= 0.6 is 23.1 Å². The molecule has 3 aliphatic rings. The third-order valence-corrected chi connectivity index (χ3v) is 9.86. The van der Waals surface area contributed by atoms with Crippen LogP contribution in [0.5, 0.6) is 0 Å². The summed E-state index contributed by atoms with van der Waals surface area (Å²) < 4.78 is 19.2. The van der Waals surface area contributed by atoms with Gasteiger partial charge in [-0.3, -0.25) is 9.78 Å². The number of aliphatic hydroxyl groups is 2. The molecule has 1 saturated heterocycles. The third kappa shape index (κ3) is 4.99. The Morgan fingerprint density at radius 2 is 1.92 bits per heavy atom. The predicted octanol–water partition coefficient (Wildman–Crippen LogP) is 4.51. The lowest BCUT2D eigenvalue weighted by Gasteiger charge is -2.36. The first-order valence-corrected chi connectivity index (χ1v) is 14.2. The van der Waals surface area contributed by atoms with E-state index in [4.69, 9.17) is 9.72 Å². The van der Waals surface area contributed by atoms with Crippen molar-refractivity contribution in [1.82, 2.24) is 9.97 Å². The van der Waals surface area contributed by atoms with Gasteiger partial charge in [0.05, 0.1) is 36.3 Å². The fourth-order valence-corrected chi connectivity index (χ4v) is 7.77. The Balaban J connectivity index is 1.39. The van der Waals surface area contributed by atoms with E-state index in [9.17, 15) is 19.4 Å². The van der Waals surface area contributed by atoms with E-state index < -0.39 is 10.9 Å². The highest BCUT2D eigenvalue weighted by molar-refractivity contribution is 8.00. The number of ether oxygens (including phenoxy) is 1. The normalized spacial score (nSPS) is 26.4. The summed E-state index contributed by atoms with van der Waals surface area (Å²) in [6.45, 7) is 0.853. The Labute approximate surface area is 222 Å². The van der Waals surface area contributed by atoms with Crippen LogP contribution in [-0.4, -0.2) is 57.2 Å². The second kappa shape index (κ2) is 9.65. The summed E-state index contributed by atoms with van der Waals surface area (Å²) in [5.74, 6) is 0.879. The van der Waals surface area contributed by atoms with E-state index in [0.717, 1.165) is 59.4 Å². The van der Waals surface area contributed by atoms with Crippen LogP contribution in [0.3, 0.4) is 0 Å². The number of halogens is 1. The molecule has 2 aliphatic carbocycles. The molecule has 37 heavy (non-hydrogen) atoms. The van der Waals surface area contributed by atoms with Crippen molar-refractivity contribution in [3.05, 3.63) is 54.2 Å². The molecule has 3 fully saturated rings. The van der Waals surface area contributed by atoms with Gasteiger partial charge >= 0.3 is 5.97 Å². The number of aromatic nitrogens is 2. The van der Waals surface area contributed by atoms with Gasteiger partial charge in [0.2, 0.25) is 5.12 Å². The number of hydrogen-bond donors (Lipinski definition) is 2. The third-order valence-electron chi connectivity index (χ3n) is 7.71. The number of benzene rings is 1. The SMILES string of the molecule is COC(=O)[C@@H]1CC2CC2C[C@H]1c1nc(-c2cncc(F)c2)sc1-c1ccc(N2CCSC(O)(O)C2)cc1. The van der Waals surface area contributed by atoms with Crippen molar-refractivity contribution in [2.24, 2.45) is 17.8 Å². The summed E-state index contributed by atoms with van der Waals surface area (Å²) in [5.41, 5.74) is 3.33. The van der Waals surface area contributed by atoms with Crippen LogP contribution in [0.4, 0.5) is 10.1 Å². The molecule has 6 rings (SSSR count). The number of β-amino-alcohol motifs (C(OH)–C–C–N with tert-alkyl or cyclic N) is 2. The number of methoxy groups -OCH3 is 1. The standard InChI is InChI=1S/C27H28FN3O4S2/c1-35-26(32)22-11-17-8-16(17)10-21(22)23-24(37-25(30-23)18-9-19(28)13-29-12-18)15-2-4-20(5-3-15)31-6-7-36-27(33,34)14-31/h2-5,9,12-13,16-17,21-22,33-34H,6-8,10-11,14H2,1H3/t16?,17?,21-,22-/m1/s1. The maximum absolute atomic E-state index is 14.0. The van der Waals surface area contributed by atoms with Crippen LogP contribution in [0.2, 0.25) is 0 Å². The molecule has 2 unspecified atom stereocenters. The molecule has 0 radical (unpaired) electrons. The molecule has 2 saturated carbocycles. The number of thiazole rings is 1. The molecule has 1 aromatic carbocycles. The lowest BCUT2D eigenvalue weighted by atomic mass is 9.77. The Bertz CT molecular complexity index is 1320. The van der Waals surface area contributed by atoms with Crippen molar-refractivity contribution in [2.75, 3.05) is 30.9 Å². The van der Waals surface area contributed by atoms with Crippen molar-refractivity contribution < 1.29 is 24.1 Å². The van der Waals surface area contributed by atoms with Crippen LogP contribution in [0.15, 0.2) is 42.7 Å². The Morgan fingerprint density at radius 1 is 1.14 bits per heavy atom. The van der Waals surface area contributed by atoms with E-state index in [1.165, 1.54) is 30.7 Å². The van der Waals surface area contributed by atoms with E-state index in [2.05, 4.69) is 4.98 Å². The zero-order valence-corrected chi connectivity index (χ0v) is 22.0. The smallest absolute Gasteiger partial charge is 0.309 e. The molecular formula is C27H28FN3O4S2. The van der Waals surface area contributed by atoms with Gasteiger partial charge in [0.15, 0.2) is 0 Å². The van der Waals surface area contributed by atoms with Crippen molar-refractivity contribution in [3.63, 3.8) is 0 Å². The number of carbonyl (C=O) groups excluding carboxylic acids is 1. The average molecular weight is 542 g/mol. The largest absolute Gasteiger partial charge is 0.469 e. The maximum Gasteiger partial charge on any atom is 0.309 e. The number of esters is 1. The van der Waals surface area contributed by atoms with Crippen molar-refractivity contribution in [1.29, 1.82) is 0 Å². The molecule has 4 atom stereocenters. The number of nitrogens with zero attached hydrogens (tertiary/aromatic N) is 3.